The van der Waals surface area contributed by atoms with E-state index in [-0.39, 0.29) is 12.2 Å². The second-order valence-corrected chi connectivity index (χ2v) is 8.56. The molecule has 0 fully saturated rings. The maximum absolute atomic E-state index is 13.4. The molecule has 0 spiro atoms. The summed E-state index contributed by atoms with van der Waals surface area (Å²) < 4.78 is 4.78. The molecule has 0 atom stereocenters. The van der Waals surface area contributed by atoms with Crippen LogP contribution in [0.3, 0.4) is 0 Å². The molecule has 176 valence electrons. The predicted molar refractivity (Wildman–Crippen MR) is 129 cm³/mol. The van der Waals surface area contributed by atoms with Gasteiger partial charge in [-0.05, 0) is 49.6 Å². The van der Waals surface area contributed by atoms with E-state index >= 15 is 0 Å². The van der Waals surface area contributed by atoms with E-state index in [0.717, 1.165) is 34.1 Å². The van der Waals surface area contributed by atoms with Crippen molar-refractivity contribution in [1.82, 2.24) is 19.1 Å². The van der Waals surface area contributed by atoms with Crippen LogP contribution in [0.2, 0.25) is 0 Å². The van der Waals surface area contributed by atoms with Crippen LogP contribution >= 0.6 is 0 Å². The zero-order valence-corrected chi connectivity index (χ0v) is 19.7. The lowest BCUT2D eigenvalue weighted by molar-refractivity contribution is -0.699. The number of unbranched alkanes of at least 4 members (excludes halogenated alkanes) is 1. The van der Waals surface area contributed by atoms with Crippen molar-refractivity contribution in [3.8, 4) is 11.5 Å². The summed E-state index contributed by atoms with van der Waals surface area (Å²) in [4.78, 5) is 46.8. The highest BCUT2D eigenvalue weighted by Gasteiger charge is 2.22. The molecular weight excluding hydrogens is 432 g/mol. The third kappa shape index (κ3) is 4.33. The first kappa shape index (κ1) is 23.3. The number of nitrogens with zero attached hydrogens (tertiary/aromatic N) is 5. The molecule has 1 aromatic carbocycles. The van der Waals surface area contributed by atoms with E-state index in [4.69, 9.17) is 5.73 Å². The Bertz CT molecular complexity index is 1470. The van der Waals surface area contributed by atoms with E-state index in [1.165, 1.54) is 0 Å². The van der Waals surface area contributed by atoms with E-state index < -0.39 is 17.2 Å². The molecule has 0 bridgehead atoms. The van der Waals surface area contributed by atoms with Crippen molar-refractivity contribution in [3.05, 3.63) is 74.2 Å². The fraction of sp³-hybridized carbons (Fsp3) is 0.360. The van der Waals surface area contributed by atoms with Gasteiger partial charge in [-0.3, -0.25) is 14.2 Å². The second kappa shape index (κ2) is 9.54. The van der Waals surface area contributed by atoms with Crippen LogP contribution in [0, 0.1) is 13.8 Å². The molecule has 1 amide bonds. The third-order valence-corrected chi connectivity index (χ3v) is 6.17. The largest absolute Gasteiger partial charge is 0.360 e. The first-order valence-electron chi connectivity index (χ1n) is 11.5. The molecule has 9 nitrogen and oxygen atoms in total. The minimum Gasteiger partial charge on any atom is -0.360 e. The summed E-state index contributed by atoms with van der Waals surface area (Å²) in [6.07, 6.45) is 4.05. The molecule has 0 unspecified atom stereocenters. The number of rotatable bonds is 8. The Morgan fingerprint density at radius 3 is 2.50 bits per heavy atom. The molecule has 2 aliphatic heterocycles. The number of amides is 1. The Balaban J connectivity index is 1.77. The molecule has 0 saturated carbocycles. The quantitative estimate of drug-likeness (QED) is 0.318. The second-order valence-electron chi connectivity index (χ2n) is 8.56. The van der Waals surface area contributed by atoms with E-state index in [9.17, 15) is 14.4 Å². The monoisotopic (exact) mass is 461 g/mol. The van der Waals surface area contributed by atoms with Crippen molar-refractivity contribution >= 4 is 16.9 Å². The maximum Gasteiger partial charge on any atom is 0.352 e. The predicted octanol–water partition coefficient (Wildman–Crippen LogP) is 1.95. The number of fused-ring (bicyclic) bond motifs is 2. The van der Waals surface area contributed by atoms with Crippen LogP contribution in [-0.4, -0.2) is 25.0 Å². The van der Waals surface area contributed by atoms with Gasteiger partial charge in [0, 0.05) is 31.6 Å². The van der Waals surface area contributed by atoms with E-state index in [1.807, 2.05) is 30.5 Å². The fourth-order valence-electron chi connectivity index (χ4n) is 4.16. The number of pyridine rings is 1. The van der Waals surface area contributed by atoms with Crippen LogP contribution in [0.15, 0.2) is 46.1 Å². The molecule has 2 N–H and O–H groups in total. The zero-order chi connectivity index (χ0) is 24.4. The minimum atomic E-state index is -0.596. The van der Waals surface area contributed by atoms with E-state index in [0.29, 0.717) is 36.5 Å². The van der Waals surface area contributed by atoms with Crippen LogP contribution in [-0.2, 0) is 19.6 Å². The molecule has 1 aromatic heterocycles. The standard InChI is InChI=1S/C25H28N6O3/c1-4-5-12-30-20-15-17(3)16(2)14-18(20)27-21-23(30)28-25(34)31(24(21)33)13-8-11-29-10-7-6-9-19(29)22(26)32/h6-7,9-10,14-15H,4-5,8,11-13H2,1-3H3,(H-,26,32)/p+1. The number of carbonyl (C=O) groups is 1. The van der Waals surface area contributed by atoms with Gasteiger partial charge >= 0.3 is 11.6 Å². The normalized spacial score (nSPS) is 11.4. The Kier molecular flexibility index (Phi) is 6.54. The maximum atomic E-state index is 13.4. The van der Waals surface area contributed by atoms with Gasteiger partial charge in [-0.2, -0.15) is 9.55 Å². The summed E-state index contributed by atoms with van der Waals surface area (Å²) in [7, 11) is 0. The van der Waals surface area contributed by atoms with Crippen molar-refractivity contribution in [1.29, 1.82) is 0 Å². The van der Waals surface area contributed by atoms with Crippen molar-refractivity contribution in [2.45, 2.75) is 59.7 Å². The SMILES string of the molecule is CCCCn1c2nc(=O)n(CCC[n+]3ccccc3C(N)=O)c(=O)c-2nc2cc(C)c(C)cc21. The topological polar surface area (TPSA) is 117 Å². The molecule has 34 heavy (non-hydrogen) atoms. The van der Waals surface area contributed by atoms with Crippen LogP contribution < -0.4 is 21.5 Å². The summed E-state index contributed by atoms with van der Waals surface area (Å²) in [5, 5.41) is 0. The summed E-state index contributed by atoms with van der Waals surface area (Å²) in [6.45, 7) is 7.35. The highest BCUT2D eigenvalue weighted by Crippen LogP contribution is 2.24. The van der Waals surface area contributed by atoms with Gasteiger partial charge in [-0.15, -0.1) is 0 Å². The number of nitrogens with two attached hydrogens (primary N) is 1. The number of aryl methyl sites for hydroxylation is 4. The van der Waals surface area contributed by atoms with Crippen LogP contribution in [0.1, 0.15) is 47.8 Å². The number of hydrogen-bond donors (Lipinski definition) is 1. The lowest BCUT2D eigenvalue weighted by atomic mass is 10.1. The van der Waals surface area contributed by atoms with Gasteiger partial charge in [0.05, 0.1) is 11.0 Å². The first-order chi connectivity index (χ1) is 16.3. The minimum absolute atomic E-state index is 0.155. The molecular formula is C25H29N6O3+. The zero-order valence-electron chi connectivity index (χ0n) is 19.7. The number of benzene rings is 1. The van der Waals surface area contributed by atoms with Gasteiger partial charge in [0.1, 0.15) is 0 Å². The summed E-state index contributed by atoms with van der Waals surface area (Å²) >= 11 is 0. The lowest BCUT2D eigenvalue weighted by Gasteiger charge is -2.18. The molecule has 2 aromatic rings. The highest BCUT2D eigenvalue weighted by atomic mass is 16.2. The van der Waals surface area contributed by atoms with Gasteiger partial charge in [0.15, 0.2) is 24.3 Å². The lowest BCUT2D eigenvalue weighted by Crippen LogP contribution is -2.44. The molecule has 2 aliphatic rings. The molecule has 3 heterocycles. The number of aromatic nitrogens is 5. The van der Waals surface area contributed by atoms with Gasteiger partial charge in [-0.25, -0.2) is 9.78 Å². The Morgan fingerprint density at radius 2 is 1.76 bits per heavy atom. The molecule has 4 rings (SSSR count). The van der Waals surface area contributed by atoms with Crippen molar-refractivity contribution < 1.29 is 9.36 Å². The van der Waals surface area contributed by atoms with Crippen LogP contribution in [0.4, 0.5) is 0 Å². The summed E-state index contributed by atoms with van der Waals surface area (Å²) in [6, 6.07) is 9.18. The van der Waals surface area contributed by atoms with Crippen LogP contribution in [0.25, 0.3) is 22.6 Å². The fourth-order valence-corrected chi connectivity index (χ4v) is 4.16. The van der Waals surface area contributed by atoms with Crippen LogP contribution in [0.5, 0.6) is 0 Å². The van der Waals surface area contributed by atoms with Crippen molar-refractivity contribution in [2.24, 2.45) is 5.73 Å². The Hall–Kier alpha value is -3.88. The first-order valence-corrected chi connectivity index (χ1v) is 11.5. The summed E-state index contributed by atoms with van der Waals surface area (Å²) in [5.41, 5.74) is 8.72. The third-order valence-electron chi connectivity index (χ3n) is 6.17. The summed E-state index contributed by atoms with van der Waals surface area (Å²) in [5.74, 6) is -0.211. The van der Waals surface area contributed by atoms with E-state index in [2.05, 4.69) is 16.9 Å². The Morgan fingerprint density at radius 1 is 1.03 bits per heavy atom. The number of carbonyl (C=O) groups excluding carboxylic acids is 1. The van der Waals surface area contributed by atoms with Gasteiger partial charge < -0.3 is 10.3 Å². The highest BCUT2D eigenvalue weighted by molar-refractivity contribution is 5.89. The Labute approximate surface area is 196 Å². The van der Waals surface area contributed by atoms with Gasteiger partial charge in [0.25, 0.3) is 11.3 Å². The average Bonchev–Trinajstić information content (AvgIpc) is 2.81. The van der Waals surface area contributed by atoms with Crippen molar-refractivity contribution in [3.63, 3.8) is 0 Å². The number of hydrogen-bond acceptors (Lipinski definition) is 5. The number of primary amides is 1. The smallest absolute Gasteiger partial charge is 0.352 e. The van der Waals surface area contributed by atoms with Crippen molar-refractivity contribution in [2.75, 3.05) is 0 Å². The molecule has 0 aliphatic carbocycles. The van der Waals surface area contributed by atoms with Gasteiger partial charge in [0.2, 0.25) is 0 Å². The van der Waals surface area contributed by atoms with Gasteiger partial charge in [-0.1, -0.05) is 13.3 Å². The molecule has 0 saturated heterocycles. The van der Waals surface area contributed by atoms with E-state index in [1.54, 1.807) is 29.0 Å². The molecule has 9 heteroatoms. The average molecular weight is 462 g/mol. The molecule has 0 radical (unpaired) electrons.